The van der Waals surface area contributed by atoms with Gasteiger partial charge in [0.25, 0.3) is 0 Å². The van der Waals surface area contributed by atoms with E-state index in [1.807, 2.05) is 0 Å². The van der Waals surface area contributed by atoms with E-state index in [2.05, 4.69) is 47.1 Å². The van der Waals surface area contributed by atoms with E-state index in [1.165, 1.54) is 55.8 Å². The molecule has 18 heavy (non-hydrogen) atoms. The van der Waals surface area contributed by atoms with Crippen molar-refractivity contribution >= 4 is 15.9 Å². The molecule has 0 saturated heterocycles. The van der Waals surface area contributed by atoms with Crippen molar-refractivity contribution in [2.45, 2.75) is 63.7 Å². The number of rotatable bonds is 3. The first kappa shape index (κ1) is 12.7. The van der Waals surface area contributed by atoms with E-state index < -0.39 is 0 Å². The molecule has 3 saturated carbocycles. The Morgan fingerprint density at radius 3 is 2.00 bits per heavy atom. The van der Waals surface area contributed by atoms with Gasteiger partial charge in [0, 0.05) is 4.47 Å². The maximum Gasteiger partial charge on any atom is 0.0175 e. The fraction of sp³-hybridized carbons (Fsp3) is 0.647. The topological polar surface area (TPSA) is 0 Å². The summed E-state index contributed by atoms with van der Waals surface area (Å²) in [7, 11) is 0. The zero-order chi connectivity index (χ0) is 12.6. The monoisotopic (exact) mass is 306 g/mol. The highest BCUT2D eigenvalue weighted by atomic mass is 79.9. The van der Waals surface area contributed by atoms with Crippen LogP contribution in [-0.2, 0) is 5.41 Å². The first-order chi connectivity index (χ1) is 8.68. The zero-order valence-electron chi connectivity index (χ0n) is 11.3. The average molecular weight is 307 g/mol. The maximum atomic E-state index is 3.55. The quantitative estimate of drug-likeness (QED) is 0.658. The lowest BCUT2D eigenvalue weighted by atomic mass is 9.51. The van der Waals surface area contributed by atoms with E-state index in [4.69, 9.17) is 0 Å². The molecule has 0 N–H and O–H groups in total. The molecular weight excluding hydrogens is 284 g/mol. The molecule has 0 aromatic heterocycles. The van der Waals surface area contributed by atoms with Crippen molar-refractivity contribution in [1.82, 2.24) is 0 Å². The van der Waals surface area contributed by atoms with E-state index in [-0.39, 0.29) is 0 Å². The Balaban J connectivity index is 1.82. The summed E-state index contributed by atoms with van der Waals surface area (Å²) >= 11 is 3.55. The fourth-order valence-electron chi connectivity index (χ4n) is 4.41. The summed E-state index contributed by atoms with van der Waals surface area (Å²) in [5, 5.41) is 0. The van der Waals surface area contributed by atoms with Crippen molar-refractivity contribution in [3.63, 3.8) is 0 Å². The predicted octanol–water partition coefficient (Wildman–Crippen LogP) is 5.84. The third kappa shape index (κ3) is 2.05. The number of benzene rings is 1. The molecule has 0 radical (unpaired) electrons. The normalized spacial score (nSPS) is 34.8. The summed E-state index contributed by atoms with van der Waals surface area (Å²) in [6, 6.07) is 9.13. The maximum absolute atomic E-state index is 3.55. The van der Waals surface area contributed by atoms with Gasteiger partial charge in [-0.25, -0.2) is 0 Å². The molecule has 1 aromatic carbocycles. The van der Waals surface area contributed by atoms with Crippen molar-refractivity contribution < 1.29 is 0 Å². The largest absolute Gasteiger partial charge is 0.0654 e. The van der Waals surface area contributed by atoms with Crippen molar-refractivity contribution in [2.24, 2.45) is 5.41 Å². The van der Waals surface area contributed by atoms with Gasteiger partial charge in [0.1, 0.15) is 0 Å². The van der Waals surface area contributed by atoms with Crippen molar-refractivity contribution in [2.75, 3.05) is 0 Å². The molecule has 0 aliphatic heterocycles. The van der Waals surface area contributed by atoms with E-state index in [0.29, 0.717) is 5.41 Å². The molecular formula is C17H23Br. The van der Waals surface area contributed by atoms with Crippen LogP contribution in [0.2, 0.25) is 0 Å². The Kier molecular flexibility index (Phi) is 3.30. The number of hydrogen-bond donors (Lipinski definition) is 0. The number of hydrogen-bond acceptors (Lipinski definition) is 0. The molecule has 2 bridgehead atoms. The van der Waals surface area contributed by atoms with Crippen LogP contribution < -0.4 is 0 Å². The molecule has 1 heteroatoms. The molecule has 1 aromatic rings. The predicted molar refractivity (Wildman–Crippen MR) is 80.9 cm³/mol. The third-order valence-electron chi connectivity index (χ3n) is 5.64. The van der Waals surface area contributed by atoms with Crippen molar-refractivity contribution in [3.8, 4) is 0 Å². The zero-order valence-corrected chi connectivity index (χ0v) is 12.9. The Hall–Kier alpha value is -0.300. The smallest absolute Gasteiger partial charge is 0.0175 e. The van der Waals surface area contributed by atoms with Crippen molar-refractivity contribution in [3.05, 3.63) is 34.3 Å². The van der Waals surface area contributed by atoms with Crippen LogP contribution in [0.1, 0.15) is 63.9 Å². The van der Waals surface area contributed by atoms with Crippen LogP contribution in [0.4, 0.5) is 0 Å². The van der Waals surface area contributed by atoms with Gasteiger partial charge in [0.2, 0.25) is 0 Å². The van der Waals surface area contributed by atoms with Gasteiger partial charge < -0.3 is 0 Å². The van der Waals surface area contributed by atoms with Crippen LogP contribution in [0.5, 0.6) is 0 Å². The van der Waals surface area contributed by atoms with E-state index >= 15 is 0 Å². The molecule has 3 aliphatic carbocycles. The number of fused-ring (bicyclic) bond motifs is 3. The minimum atomic E-state index is 0.524. The second-order valence-electron chi connectivity index (χ2n) is 6.54. The van der Waals surface area contributed by atoms with Gasteiger partial charge >= 0.3 is 0 Å². The molecule has 3 aliphatic rings. The minimum absolute atomic E-state index is 0.524. The Morgan fingerprint density at radius 1 is 0.944 bits per heavy atom. The molecule has 0 spiro atoms. The van der Waals surface area contributed by atoms with Crippen LogP contribution in [-0.4, -0.2) is 0 Å². The van der Waals surface area contributed by atoms with Crippen LogP contribution >= 0.6 is 15.9 Å². The highest BCUT2D eigenvalue weighted by Gasteiger charge is 2.48. The van der Waals surface area contributed by atoms with Gasteiger partial charge in [-0.05, 0) is 73.5 Å². The Labute approximate surface area is 119 Å². The standard InChI is InChI=1S/C17H23Br/c1-2-7-16-8-11-17(12-9-16,13-10-16)14-3-5-15(18)6-4-14/h3-6H,2,7-13H2,1H3. The first-order valence-electron chi connectivity index (χ1n) is 7.44. The fourth-order valence-corrected chi connectivity index (χ4v) is 4.67. The van der Waals surface area contributed by atoms with Crippen LogP contribution in [0.15, 0.2) is 28.7 Å². The molecule has 0 amide bonds. The second-order valence-corrected chi connectivity index (χ2v) is 7.45. The lowest BCUT2D eigenvalue weighted by Crippen LogP contribution is -2.44. The van der Waals surface area contributed by atoms with E-state index in [0.717, 1.165) is 5.41 Å². The van der Waals surface area contributed by atoms with Crippen LogP contribution in [0.3, 0.4) is 0 Å². The SMILES string of the molecule is CCCC12CCC(c3ccc(Br)cc3)(CC1)CC2. The van der Waals surface area contributed by atoms with Gasteiger partial charge in [-0.15, -0.1) is 0 Å². The summed E-state index contributed by atoms with van der Waals surface area (Å²) < 4.78 is 1.20. The average Bonchev–Trinajstić information content (AvgIpc) is 2.42. The highest BCUT2D eigenvalue weighted by Crippen LogP contribution is 2.59. The molecule has 0 nitrogen and oxygen atoms in total. The summed E-state index contributed by atoms with van der Waals surface area (Å²) in [5.74, 6) is 0. The van der Waals surface area contributed by atoms with Gasteiger partial charge in [0.05, 0.1) is 0 Å². The molecule has 0 unspecified atom stereocenters. The van der Waals surface area contributed by atoms with Gasteiger partial charge in [0.15, 0.2) is 0 Å². The van der Waals surface area contributed by atoms with E-state index in [9.17, 15) is 0 Å². The van der Waals surface area contributed by atoms with E-state index in [1.54, 1.807) is 5.56 Å². The van der Waals surface area contributed by atoms with Crippen LogP contribution in [0, 0.1) is 5.41 Å². The molecule has 98 valence electrons. The summed E-state index contributed by atoms with van der Waals surface area (Å²) in [6.45, 7) is 2.35. The summed E-state index contributed by atoms with van der Waals surface area (Å²) in [6.07, 6.45) is 11.5. The van der Waals surface area contributed by atoms with Gasteiger partial charge in [-0.3, -0.25) is 0 Å². The number of halogens is 1. The Bertz CT molecular complexity index is 393. The first-order valence-corrected chi connectivity index (χ1v) is 8.24. The van der Waals surface area contributed by atoms with Gasteiger partial charge in [-0.1, -0.05) is 41.4 Å². The molecule has 3 fully saturated rings. The summed E-state index contributed by atoms with van der Waals surface area (Å²) in [4.78, 5) is 0. The third-order valence-corrected chi connectivity index (χ3v) is 6.17. The molecule has 0 heterocycles. The second kappa shape index (κ2) is 4.67. The lowest BCUT2D eigenvalue weighted by Gasteiger charge is -2.54. The molecule has 4 rings (SSSR count). The summed E-state index contributed by atoms with van der Waals surface area (Å²) in [5.41, 5.74) is 2.85. The van der Waals surface area contributed by atoms with Crippen molar-refractivity contribution in [1.29, 1.82) is 0 Å². The van der Waals surface area contributed by atoms with Gasteiger partial charge in [-0.2, -0.15) is 0 Å². The minimum Gasteiger partial charge on any atom is -0.0654 e. The van der Waals surface area contributed by atoms with Crippen LogP contribution in [0.25, 0.3) is 0 Å². The molecule has 0 atom stereocenters. The lowest BCUT2D eigenvalue weighted by molar-refractivity contribution is 0.0320. The highest BCUT2D eigenvalue weighted by molar-refractivity contribution is 9.10. The Morgan fingerprint density at radius 2 is 1.50 bits per heavy atom.